The average Bonchev–Trinajstić information content (AvgIpc) is 3.55. The molecule has 150 valence electrons. The molecule has 3 heterocycles. The molecule has 2 aliphatic rings. The van der Waals surface area contributed by atoms with Crippen molar-refractivity contribution in [3.63, 3.8) is 0 Å². The largest absolute Gasteiger partial charge is 0.355 e. The summed E-state index contributed by atoms with van der Waals surface area (Å²) in [5, 5.41) is 8.29. The normalized spacial score (nSPS) is 17.6. The maximum absolute atomic E-state index is 13.3. The second-order valence-corrected chi connectivity index (χ2v) is 8.03. The zero-order valence-corrected chi connectivity index (χ0v) is 16.6. The van der Waals surface area contributed by atoms with Crippen LogP contribution in [0.15, 0.2) is 36.7 Å². The number of hydrogen-bond donors (Lipinski definition) is 0. The molecule has 3 aromatic rings. The lowest BCUT2D eigenvalue weighted by molar-refractivity contribution is -0.137. The lowest BCUT2D eigenvalue weighted by atomic mass is 9.94. The molecule has 1 saturated carbocycles. The van der Waals surface area contributed by atoms with Gasteiger partial charge in [0.1, 0.15) is 6.33 Å². The van der Waals surface area contributed by atoms with Crippen molar-refractivity contribution in [2.75, 3.05) is 18.0 Å². The molecule has 1 aliphatic heterocycles. The van der Waals surface area contributed by atoms with Crippen molar-refractivity contribution in [2.45, 2.75) is 38.3 Å². The van der Waals surface area contributed by atoms with E-state index in [1.54, 1.807) is 11.0 Å². The maximum Gasteiger partial charge on any atom is 0.226 e. The van der Waals surface area contributed by atoms with E-state index in [9.17, 15) is 4.79 Å². The zero-order valence-electron chi connectivity index (χ0n) is 16.6. The van der Waals surface area contributed by atoms with Crippen molar-refractivity contribution in [2.24, 2.45) is 13.0 Å². The number of nitrogens with zero attached hydrogens (tertiary/aromatic N) is 7. The monoisotopic (exact) mass is 391 g/mol. The predicted octanol–water partition coefficient (Wildman–Crippen LogP) is 2.17. The van der Waals surface area contributed by atoms with Gasteiger partial charge in [0, 0.05) is 38.6 Å². The van der Waals surface area contributed by atoms with Gasteiger partial charge in [-0.05, 0) is 31.2 Å². The quantitative estimate of drug-likeness (QED) is 0.663. The van der Waals surface area contributed by atoms with Crippen LogP contribution >= 0.6 is 0 Å². The second-order valence-electron chi connectivity index (χ2n) is 8.03. The summed E-state index contributed by atoms with van der Waals surface area (Å²) in [5.74, 6) is 1.20. The predicted molar refractivity (Wildman–Crippen MR) is 109 cm³/mol. The van der Waals surface area contributed by atoms with Gasteiger partial charge in [0.15, 0.2) is 17.0 Å². The summed E-state index contributed by atoms with van der Waals surface area (Å²) >= 11 is 0. The zero-order chi connectivity index (χ0) is 19.8. The Balaban J connectivity index is 1.27. The van der Waals surface area contributed by atoms with Crippen LogP contribution in [0.25, 0.3) is 11.2 Å². The van der Waals surface area contributed by atoms with Crippen LogP contribution in [0.1, 0.15) is 31.2 Å². The summed E-state index contributed by atoms with van der Waals surface area (Å²) < 4.78 is 1.66. The number of amides is 1. The van der Waals surface area contributed by atoms with Crippen LogP contribution in [-0.2, 0) is 18.4 Å². The van der Waals surface area contributed by atoms with E-state index in [1.165, 1.54) is 5.56 Å². The van der Waals surface area contributed by atoms with Crippen LogP contribution in [-0.4, -0.2) is 54.9 Å². The van der Waals surface area contributed by atoms with Gasteiger partial charge >= 0.3 is 0 Å². The second kappa shape index (κ2) is 7.42. The Morgan fingerprint density at radius 2 is 1.86 bits per heavy atom. The molecule has 1 saturated heterocycles. The molecule has 2 fully saturated rings. The molecule has 0 unspecified atom stereocenters. The Morgan fingerprint density at radius 1 is 1.10 bits per heavy atom. The van der Waals surface area contributed by atoms with Gasteiger partial charge < -0.3 is 9.80 Å². The Morgan fingerprint density at radius 3 is 2.59 bits per heavy atom. The Kier molecular flexibility index (Phi) is 4.61. The van der Waals surface area contributed by atoms with Crippen LogP contribution < -0.4 is 4.90 Å². The number of fused-ring (bicyclic) bond motifs is 1. The minimum Gasteiger partial charge on any atom is -0.355 e. The first-order chi connectivity index (χ1) is 14.2. The number of anilines is 1. The minimum atomic E-state index is 0.0785. The highest BCUT2D eigenvalue weighted by Crippen LogP contribution is 2.33. The highest BCUT2D eigenvalue weighted by Gasteiger charge is 2.37. The molecule has 8 heteroatoms. The summed E-state index contributed by atoms with van der Waals surface area (Å²) in [6.07, 6.45) is 5.49. The van der Waals surface area contributed by atoms with Crippen molar-refractivity contribution in [1.82, 2.24) is 29.9 Å². The van der Waals surface area contributed by atoms with Gasteiger partial charge in [-0.3, -0.25) is 4.79 Å². The molecule has 0 bridgehead atoms. The summed E-state index contributed by atoms with van der Waals surface area (Å²) in [5.41, 5.74) is 2.66. The van der Waals surface area contributed by atoms with Gasteiger partial charge in [0.25, 0.3) is 0 Å². The smallest absolute Gasteiger partial charge is 0.226 e. The van der Waals surface area contributed by atoms with Gasteiger partial charge in [0.05, 0.1) is 0 Å². The number of rotatable bonds is 5. The Labute approximate surface area is 169 Å². The fourth-order valence-corrected chi connectivity index (χ4v) is 4.20. The SMILES string of the molecule is Cn1nnc2c(N3CCC(C(=O)N(Cc4ccccc4)C4CC4)CC3)ncnc21. The van der Waals surface area contributed by atoms with Crippen molar-refractivity contribution in [3.05, 3.63) is 42.2 Å². The number of carbonyl (C=O) groups is 1. The molecule has 0 atom stereocenters. The van der Waals surface area contributed by atoms with Crippen molar-refractivity contribution >= 4 is 22.9 Å². The molecule has 2 aromatic heterocycles. The molecule has 29 heavy (non-hydrogen) atoms. The average molecular weight is 391 g/mol. The van der Waals surface area contributed by atoms with Crippen LogP contribution in [0.3, 0.4) is 0 Å². The minimum absolute atomic E-state index is 0.0785. The molecular formula is C21H25N7O. The third-order valence-corrected chi connectivity index (χ3v) is 5.98. The lowest BCUT2D eigenvalue weighted by Crippen LogP contribution is -2.43. The standard InChI is InChI=1S/C21H25N7O/c1-26-19-18(24-25-26)20(23-14-22-19)27-11-9-16(10-12-27)21(29)28(17-7-8-17)13-15-5-3-2-4-6-15/h2-6,14,16-17H,7-13H2,1H3. The molecule has 8 nitrogen and oxygen atoms in total. The van der Waals surface area contributed by atoms with Crippen LogP contribution in [0.2, 0.25) is 0 Å². The van der Waals surface area contributed by atoms with Crippen LogP contribution in [0.4, 0.5) is 5.82 Å². The van der Waals surface area contributed by atoms with Gasteiger partial charge in [-0.15, -0.1) is 5.10 Å². The number of hydrogen-bond acceptors (Lipinski definition) is 6. The number of aryl methyl sites for hydroxylation is 1. The van der Waals surface area contributed by atoms with E-state index in [1.807, 2.05) is 25.2 Å². The fourth-order valence-electron chi connectivity index (χ4n) is 4.20. The maximum atomic E-state index is 13.3. The third-order valence-electron chi connectivity index (χ3n) is 5.98. The molecule has 1 amide bonds. The van der Waals surface area contributed by atoms with Gasteiger partial charge in [0.2, 0.25) is 5.91 Å². The molecule has 1 aliphatic carbocycles. The summed E-state index contributed by atoms with van der Waals surface area (Å²) in [6, 6.07) is 10.7. The van der Waals surface area contributed by atoms with E-state index in [0.717, 1.165) is 62.3 Å². The van der Waals surface area contributed by atoms with E-state index in [0.29, 0.717) is 11.9 Å². The number of carbonyl (C=O) groups excluding carboxylic acids is 1. The first kappa shape index (κ1) is 18.0. The van der Waals surface area contributed by atoms with Crippen LogP contribution in [0, 0.1) is 5.92 Å². The highest BCUT2D eigenvalue weighted by molar-refractivity contribution is 5.83. The molecule has 5 rings (SSSR count). The van der Waals surface area contributed by atoms with Gasteiger partial charge in [-0.25, -0.2) is 14.6 Å². The van der Waals surface area contributed by atoms with Gasteiger partial charge in [-0.1, -0.05) is 35.5 Å². The molecular weight excluding hydrogens is 366 g/mol. The topological polar surface area (TPSA) is 80.0 Å². The first-order valence-corrected chi connectivity index (χ1v) is 10.3. The number of aromatic nitrogens is 5. The summed E-state index contributed by atoms with van der Waals surface area (Å²) in [6.45, 7) is 2.31. The van der Waals surface area contributed by atoms with Crippen molar-refractivity contribution in [1.29, 1.82) is 0 Å². The van der Waals surface area contributed by atoms with Crippen LogP contribution in [0.5, 0.6) is 0 Å². The summed E-state index contributed by atoms with van der Waals surface area (Å²) in [7, 11) is 1.83. The molecule has 0 spiro atoms. The molecule has 1 aromatic carbocycles. The Bertz CT molecular complexity index is 1010. The van der Waals surface area contributed by atoms with Crippen molar-refractivity contribution < 1.29 is 4.79 Å². The highest BCUT2D eigenvalue weighted by atomic mass is 16.2. The van der Waals surface area contributed by atoms with E-state index in [-0.39, 0.29) is 5.92 Å². The van der Waals surface area contributed by atoms with E-state index in [2.05, 4.69) is 42.2 Å². The fraction of sp³-hybridized carbons (Fsp3) is 0.476. The van der Waals surface area contributed by atoms with E-state index < -0.39 is 0 Å². The van der Waals surface area contributed by atoms with E-state index >= 15 is 0 Å². The van der Waals surface area contributed by atoms with E-state index in [4.69, 9.17) is 0 Å². The van der Waals surface area contributed by atoms with Gasteiger partial charge in [-0.2, -0.15) is 0 Å². The molecule has 0 N–H and O–H groups in total. The summed E-state index contributed by atoms with van der Waals surface area (Å²) in [4.78, 5) is 26.3. The molecule has 0 radical (unpaired) electrons. The lowest BCUT2D eigenvalue weighted by Gasteiger charge is -2.35. The number of piperidine rings is 1. The number of benzene rings is 1. The van der Waals surface area contributed by atoms with Crippen molar-refractivity contribution in [3.8, 4) is 0 Å². The first-order valence-electron chi connectivity index (χ1n) is 10.3. The Hall–Kier alpha value is -3.03. The third kappa shape index (κ3) is 3.54.